The molecule has 3 atom stereocenters. The molecule has 4 heteroatoms. The molecule has 2 N–H and O–H groups in total. The maximum Gasteiger partial charge on any atom is 0.120 e. The molecule has 0 spiro atoms. The van der Waals surface area contributed by atoms with Crippen LogP contribution in [0.15, 0.2) is 53.1 Å². The van der Waals surface area contributed by atoms with Crippen LogP contribution < -0.4 is 5.32 Å². The van der Waals surface area contributed by atoms with Crippen LogP contribution in [0, 0.1) is 0 Å². The fraction of sp³-hybridized carbons (Fsp3) is 0.333. The summed E-state index contributed by atoms with van der Waals surface area (Å²) in [6.45, 7) is 0. The number of nitrogens with one attached hydrogen (secondary N) is 1. The van der Waals surface area contributed by atoms with Gasteiger partial charge in [0, 0.05) is 6.04 Å². The van der Waals surface area contributed by atoms with Crippen LogP contribution in [-0.4, -0.2) is 11.2 Å². The summed E-state index contributed by atoms with van der Waals surface area (Å²) in [6, 6.07) is 14.4. The summed E-state index contributed by atoms with van der Waals surface area (Å²) in [5.74, 6) is 0.898. The van der Waals surface area contributed by atoms with E-state index in [1.165, 1.54) is 5.56 Å². The Morgan fingerprint density at radius 3 is 2.42 bits per heavy atom. The third kappa shape index (κ3) is 3.18. The second-order valence-electron chi connectivity index (χ2n) is 4.82. The number of hydrogen-bond donors (Lipinski definition) is 2. The SMILES string of the molecule is Cl.OC1CC(c2ccccc2)NC(c2ccco2)C1. The molecule has 3 unspecified atom stereocenters. The number of furan rings is 1. The lowest BCUT2D eigenvalue weighted by Gasteiger charge is -2.33. The zero-order valence-corrected chi connectivity index (χ0v) is 11.3. The van der Waals surface area contributed by atoms with Gasteiger partial charge in [0.15, 0.2) is 0 Å². The number of rotatable bonds is 2. The van der Waals surface area contributed by atoms with Gasteiger partial charge in [0.1, 0.15) is 5.76 Å². The first kappa shape index (κ1) is 14.1. The number of piperidine rings is 1. The van der Waals surface area contributed by atoms with E-state index in [-0.39, 0.29) is 30.6 Å². The molecule has 1 saturated heterocycles. The monoisotopic (exact) mass is 279 g/mol. The van der Waals surface area contributed by atoms with Crippen LogP contribution in [0.1, 0.15) is 36.2 Å². The molecule has 1 aromatic carbocycles. The maximum atomic E-state index is 10.0. The smallest absolute Gasteiger partial charge is 0.120 e. The van der Waals surface area contributed by atoms with Crippen LogP contribution in [-0.2, 0) is 0 Å². The minimum absolute atomic E-state index is 0. The number of aliphatic hydroxyl groups excluding tert-OH is 1. The number of halogens is 1. The van der Waals surface area contributed by atoms with Crippen LogP contribution in [0.2, 0.25) is 0 Å². The van der Waals surface area contributed by atoms with Crippen molar-refractivity contribution >= 4 is 12.4 Å². The maximum absolute atomic E-state index is 10.0. The zero-order valence-electron chi connectivity index (χ0n) is 10.5. The molecular formula is C15H18ClNO2. The summed E-state index contributed by atoms with van der Waals surface area (Å²) < 4.78 is 5.43. The molecule has 19 heavy (non-hydrogen) atoms. The van der Waals surface area contributed by atoms with Crippen LogP contribution in [0.4, 0.5) is 0 Å². The molecule has 0 saturated carbocycles. The van der Waals surface area contributed by atoms with E-state index in [4.69, 9.17) is 4.42 Å². The lowest BCUT2D eigenvalue weighted by atomic mass is 9.90. The highest BCUT2D eigenvalue weighted by atomic mass is 35.5. The molecule has 3 rings (SSSR count). The van der Waals surface area contributed by atoms with Gasteiger partial charge in [-0.15, -0.1) is 12.4 Å². The Hall–Kier alpha value is -1.29. The summed E-state index contributed by atoms with van der Waals surface area (Å²) in [4.78, 5) is 0. The molecule has 1 aliphatic rings. The second kappa shape index (κ2) is 6.24. The molecule has 0 radical (unpaired) electrons. The van der Waals surface area contributed by atoms with Gasteiger partial charge in [0.05, 0.1) is 18.4 Å². The first-order valence-electron chi connectivity index (χ1n) is 6.35. The van der Waals surface area contributed by atoms with E-state index >= 15 is 0 Å². The van der Waals surface area contributed by atoms with Crippen LogP contribution in [0.5, 0.6) is 0 Å². The molecule has 1 aliphatic heterocycles. The van der Waals surface area contributed by atoms with Gasteiger partial charge < -0.3 is 14.8 Å². The topological polar surface area (TPSA) is 45.4 Å². The van der Waals surface area contributed by atoms with Gasteiger partial charge in [0.2, 0.25) is 0 Å². The molecule has 0 bridgehead atoms. The molecule has 2 aromatic rings. The van der Waals surface area contributed by atoms with E-state index < -0.39 is 0 Å². The van der Waals surface area contributed by atoms with Gasteiger partial charge in [-0.25, -0.2) is 0 Å². The van der Waals surface area contributed by atoms with Crippen molar-refractivity contribution in [3.8, 4) is 0 Å². The van der Waals surface area contributed by atoms with Crippen molar-refractivity contribution in [1.82, 2.24) is 5.32 Å². The third-order valence-corrected chi connectivity index (χ3v) is 3.51. The summed E-state index contributed by atoms with van der Waals surface area (Å²) >= 11 is 0. The Kier molecular flexibility index (Phi) is 4.64. The molecule has 3 nitrogen and oxygen atoms in total. The third-order valence-electron chi connectivity index (χ3n) is 3.51. The Morgan fingerprint density at radius 2 is 1.74 bits per heavy atom. The fourth-order valence-electron chi connectivity index (χ4n) is 2.62. The average molecular weight is 280 g/mol. The molecule has 102 valence electrons. The van der Waals surface area contributed by atoms with E-state index in [2.05, 4.69) is 17.4 Å². The lowest BCUT2D eigenvalue weighted by Crippen LogP contribution is -2.37. The van der Waals surface area contributed by atoms with Crippen LogP contribution in [0.25, 0.3) is 0 Å². The first-order valence-corrected chi connectivity index (χ1v) is 6.35. The summed E-state index contributed by atoms with van der Waals surface area (Å²) in [7, 11) is 0. The fourth-order valence-corrected chi connectivity index (χ4v) is 2.62. The van der Waals surface area contributed by atoms with Crippen molar-refractivity contribution in [2.75, 3.05) is 0 Å². The van der Waals surface area contributed by atoms with E-state index in [1.807, 2.05) is 30.3 Å². The molecule has 0 aliphatic carbocycles. The molecule has 1 aromatic heterocycles. The minimum atomic E-state index is -0.286. The van der Waals surface area contributed by atoms with Crippen LogP contribution >= 0.6 is 12.4 Å². The molecule has 1 fully saturated rings. The highest BCUT2D eigenvalue weighted by molar-refractivity contribution is 5.85. The molecule has 0 amide bonds. The Morgan fingerprint density at radius 1 is 1.00 bits per heavy atom. The quantitative estimate of drug-likeness (QED) is 0.887. The van der Waals surface area contributed by atoms with Gasteiger partial charge in [-0.1, -0.05) is 30.3 Å². The van der Waals surface area contributed by atoms with Crippen molar-refractivity contribution in [1.29, 1.82) is 0 Å². The Labute approximate surface area is 119 Å². The summed E-state index contributed by atoms with van der Waals surface area (Å²) in [6.07, 6.45) is 2.85. The number of hydrogen-bond acceptors (Lipinski definition) is 3. The lowest BCUT2D eigenvalue weighted by molar-refractivity contribution is 0.0876. The standard InChI is InChI=1S/C15H17NO2.ClH/c17-12-9-13(11-5-2-1-3-6-11)16-14(10-12)15-7-4-8-18-15;/h1-8,12-14,16-17H,9-10H2;1H. The summed E-state index contributed by atoms with van der Waals surface area (Å²) in [5.41, 5.74) is 1.22. The van der Waals surface area contributed by atoms with E-state index in [1.54, 1.807) is 6.26 Å². The highest BCUT2D eigenvalue weighted by Crippen LogP contribution is 2.32. The van der Waals surface area contributed by atoms with Crippen molar-refractivity contribution in [2.45, 2.75) is 31.0 Å². The highest BCUT2D eigenvalue weighted by Gasteiger charge is 2.29. The minimum Gasteiger partial charge on any atom is -0.468 e. The van der Waals surface area contributed by atoms with E-state index in [0.29, 0.717) is 6.42 Å². The Balaban J connectivity index is 0.00000133. The Bertz CT molecular complexity index is 486. The van der Waals surface area contributed by atoms with Crippen molar-refractivity contribution < 1.29 is 9.52 Å². The number of aliphatic hydroxyl groups is 1. The van der Waals surface area contributed by atoms with E-state index in [0.717, 1.165) is 12.2 Å². The van der Waals surface area contributed by atoms with Gasteiger partial charge in [-0.05, 0) is 30.5 Å². The summed E-state index contributed by atoms with van der Waals surface area (Å²) in [5, 5.41) is 13.6. The van der Waals surface area contributed by atoms with Gasteiger partial charge in [0.25, 0.3) is 0 Å². The largest absolute Gasteiger partial charge is 0.468 e. The zero-order chi connectivity index (χ0) is 12.4. The van der Waals surface area contributed by atoms with Crippen LogP contribution in [0.3, 0.4) is 0 Å². The normalized spacial score (nSPS) is 26.7. The van der Waals surface area contributed by atoms with Crippen molar-refractivity contribution in [3.63, 3.8) is 0 Å². The average Bonchev–Trinajstić information content (AvgIpc) is 2.93. The molecule has 2 heterocycles. The van der Waals surface area contributed by atoms with Crippen molar-refractivity contribution in [2.24, 2.45) is 0 Å². The predicted molar refractivity (Wildman–Crippen MR) is 76.3 cm³/mol. The molecular weight excluding hydrogens is 262 g/mol. The number of benzene rings is 1. The van der Waals surface area contributed by atoms with Gasteiger partial charge >= 0.3 is 0 Å². The first-order chi connectivity index (χ1) is 8.83. The second-order valence-corrected chi connectivity index (χ2v) is 4.82. The van der Waals surface area contributed by atoms with Gasteiger partial charge in [-0.2, -0.15) is 0 Å². The van der Waals surface area contributed by atoms with Crippen molar-refractivity contribution in [3.05, 3.63) is 60.1 Å². The van der Waals surface area contributed by atoms with Gasteiger partial charge in [-0.3, -0.25) is 0 Å². The predicted octanol–water partition coefficient (Wildman–Crippen LogP) is 3.23. The van der Waals surface area contributed by atoms with E-state index in [9.17, 15) is 5.11 Å².